The molecule has 4 heteroatoms. The van der Waals surface area contributed by atoms with Crippen LogP contribution in [0.3, 0.4) is 0 Å². The summed E-state index contributed by atoms with van der Waals surface area (Å²) in [5.74, 6) is -0.131. The highest BCUT2D eigenvalue weighted by molar-refractivity contribution is 5.95. The third-order valence-corrected chi connectivity index (χ3v) is 3.62. The summed E-state index contributed by atoms with van der Waals surface area (Å²) in [5, 5.41) is 0. The van der Waals surface area contributed by atoms with E-state index in [-0.39, 0.29) is 17.5 Å². The summed E-state index contributed by atoms with van der Waals surface area (Å²) in [7, 11) is 0. The Morgan fingerprint density at radius 3 is 2.83 bits per heavy atom. The number of hydrogen-bond acceptors (Lipinski definition) is 2. The molecule has 1 amide bonds. The molecule has 1 aliphatic heterocycles. The number of amides is 1. The Morgan fingerprint density at radius 2 is 2.17 bits per heavy atom. The molecule has 3 nitrogen and oxygen atoms in total. The van der Waals surface area contributed by atoms with Crippen LogP contribution in [0.25, 0.3) is 0 Å². The fourth-order valence-corrected chi connectivity index (χ4v) is 2.57. The van der Waals surface area contributed by atoms with Gasteiger partial charge in [0.25, 0.3) is 5.91 Å². The van der Waals surface area contributed by atoms with E-state index < -0.39 is 5.82 Å². The van der Waals surface area contributed by atoms with E-state index in [9.17, 15) is 9.18 Å². The molecule has 2 rings (SSSR count). The molecule has 1 aromatic carbocycles. The van der Waals surface area contributed by atoms with E-state index in [0.29, 0.717) is 18.2 Å². The number of nitrogen functional groups attached to an aromatic ring is 1. The van der Waals surface area contributed by atoms with Crippen molar-refractivity contribution in [3.8, 4) is 0 Å². The van der Waals surface area contributed by atoms with Gasteiger partial charge in [0, 0.05) is 18.3 Å². The predicted molar refractivity (Wildman–Crippen MR) is 69.7 cm³/mol. The number of halogens is 1. The van der Waals surface area contributed by atoms with Gasteiger partial charge in [-0.1, -0.05) is 6.92 Å². The van der Waals surface area contributed by atoms with Crippen LogP contribution in [0.4, 0.5) is 10.1 Å². The predicted octanol–water partition coefficient (Wildman–Crippen LogP) is 2.67. The minimum Gasteiger partial charge on any atom is -0.399 e. The summed E-state index contributed by atoms with van der Waals surface area (Å²) < 4.78 is 13.7. The summed E-state index contributed by atoms with van der Waals surface area (Å²) in [6, 6.07) is 4.29. The first kappa shape index (κ1) is 12.9. The number of piperidine rings is 1. The molecule has 1 heterocycles. The van der Waals surface area contributed by atoms with Crippen molar-refractivity contribution in [3.05, 3.63) is 29.6 Å². The maximum atomic E-state index is 13.7. The van der Waals surface area contributed by atoms with Crippen LogP contribution in [-0.2, 0) is 0 Å². The first-order chi connectivity index (χ1) is 8.49. The number of carbonyl (C=O) groups is 1. The van der Waals surface area contributed by atoms with Crippen LogP contribution in [0.2, 0.25) is 0 Å². The smallest absolute Gasteiger partial charge is 0.257 e. The number of rotatable bonds is 1. The molecule has 2 N–H and O–H groups in total. The summed E-state index contributed by atoms with van der Waals surface area (Å²) >= 11 is 0. The molecule has 1 aliphatic rings. The summed E-state index contributed by atoms with van der Waals surface area (Å²) in [6.45, 7) is 4.88. The van der Waals surface area contributed by atoms with E-state index in [1.165, 1.54) is 18.2 Å². The second kappa shape index (κ2) is 4.96. The number of hydrogen-bond donors (Lipinski definition) is 1. The van der Waals surface area contributed by atoms with Crippen molar-refractivity contribution < 1.29 is 9.18 Å². The van der Waals surface area contributed by atoms with Gasteiger partial charge in [0.2, 0.25) is 0 Å². The SMILES string of the molecule is CC1CCN(C(=O)c2cc(N)ccc2F)C(C)C1. The second-order valence-corrected chi connectivity index (χ2v) is 5.22. The van der Waals surface area contributed by atoms with Crippen molar-refractivity contribution in [1.82, 2.24) is 4.90 Å². The Hall–Kier alpha value is -1.58. The fraction of sp³-hybridized carbons (Fsp3) is 0.500. The molecule has 2 atom stereocenters. The molecule has 18 heavy (non-hydrogen) atoms. The molecule has 0 saturated carbocycles. The highest BCUT2D eigenvalue weighted by Gasteiger charge is 2.28. The lowest BCUT2D eigenvalue weighted by atomic mass is 9.93. The minimum absolute atomic E-state index is 0.0800. The summed E-state index contributed by atoms with van der Waals surface area (Å²) in [5.41, 5.74) is 6.11. The molecular weight excluding hydrogens is 231 g/mol. The molecular formula is C14H19FN2O. The van der Waals surface area contributed by atoms with Crippen molar-refractivity contribution in [2.24, 2.45) is 5.92 Å². The van der Waals surface area contributed by atoms with Crippen molar-refractivity contribution in [1.29, 1.82) is 0 Å². The maximum absolute atomic E-state index is 13.7. The second-order valence-electron chi connectivity index (χ2n) is 5.22. The van der Waals surface area contributed by atoms with E-state index in [1.54, 1.807) is 4.90 Å². The van der Waals surface area contributed by atoms with Gasteiger partial charge in [-0.05, 0) is 43.9 Å². The zero-order chi connectivity index (χ0) is 13.3. The van der Waals surface area contributed by atoms with E-state index in [2.05, 4.69) is 6.92 Å². The van der Waals surface area contributed by atoms with E-state index >= 15 is 0 Å². The normalized spacial score (nSPS) is 24.1. The zero-order valence-electron chi connectivity index (χ0n) is 10.8. The van der Waals surface area contributed by atoms with E-state index in [0.717, 1.165) is 12.8 Å². The topological polar surface area (TPSA) is 46.3 Å². The van der Waals surface area contributed by atoms with Gasteiger partial charge in [0.1, 0.15) is 5.82 Å². The molecule has 0 aliphatic carbocycles. The molecule has 0 aromatic heterocycles. The lowest BCUT2D eigenvalue weighted by Crippen LogP contribution is -2.44. The Balaban J connectivity index is 2.23. The van der Waals surface area contributed by atoms with Gasteiger partial charge in [-0.3, -0.25) is 4.79 Å². The zero-order valence-corrected chi connectivity index (χ0v) is 10.8. The van der Waals surface area contributed by atoms with Crippen molar-refractivity contribution in [3.63, 3.8) is 0 Å². The Morgan fingerprint density at radius 1 is 1.44 bits per heavy atom. The first-order valence-electron chi connectivity index (χ1n) is 6.35. The molecule has 0 radical (unpaired) electrons. The number of likely N-dealkylation sites (tertiary alicyclic amines) is 1. The van der Waals surface area contributed by atoms with Crippen LogP contribution in [0.1, 0.15) is 37.0 Å². The molecule has 2 unspecified atom stereocenters. The number of nitrogens with zero attached hydrogens (tertiary/aromatic N) is 1. The van der Waals surface area contributed by atoms with Gasteiger partial charge in [-0.25, -0.2) is 4.39 Å². The largest absolute Gasteiger partial charge is 0.399 e. The standard InChI is InChI=1S/C14H19FN2O/c1-9-5-6-17(10(2)7-9)14(18)12-8-11(16)3-4-13(12)15/h3-4,8-10H,5-7,16H2,1-2H3. The van der Waals surface area contributed by atoms with Crippen LogP contribution >= 0.6 is 0 Å². The Kier molecular flexibility index (Phi) is 3.55. The highest BCUT2D eigenvalue weighted by Crippen LogP contribution is 2.25. The Labute approximate surface area is 107 Å². The van der Waals surface area contributed by atoms with Gasteiger partial charge in [-0.15, -0.1) is 0 Å². The van der Waals surface area contributed by atoms with Gasteiger partial charge >= 0.3 is 0 Å². The minimum atomic E-state index is -0.500. The Bertz CT molecular complexity index is 461. The van der Waals surface area contributed by atoms with E-state index in [4.69, 9.17) is 5.73 Å². The van der Waals surface area contributed by atoms with Crippen molar-refractivity contribution in [2.45, 2.75) is 32.7 Å². The van der Waals surface area contributed by atoms with Crippen LogP contribution in [0.15, 0.2) is 18.2 Å². The van der Waals surface area contributed by atoms with Crippen LogP contribution in [-0.4, -0.2) is 23.4 Å². The fourth-order valence-electron chi connectivity index (χ4n) is 2.57. The molecule has 0 spiro atoms. The van der Waals surface area contributed by atoms with Crippen molar-refractivity contribution >= 4 is 11.6 Å². The van der Waals surface area contributed by atoms with Gasteiger partial charge in [-0.2, -0.15) is 0 Å². The highest BCUT2D eigenvalue weighted by atomic mass is 19.1. The van der Waals surface area contributed by atoms with Crippen LogP contribution < -0.4 is 5.73 Å². The maximum Gasteiger partial charge on any atom is 0.257 e. The van der Waals surface area contributed by atoms with Crippen LogP contribution in [0.5, 0.6) is 0 Å². The molecule has 1 saturated heterocycles. The van der Waals surface area contributed by atoms with Gasteiger partial charge in [0.05, 0.1) is 5.56 Å². The van der Waals surface area contributed by atoms with Crippen LogP contribution in [0, 0.1) is 11.7 Å². The number of nitrogens with two attached hydrogens (primary N) is 1. The quantitative estimate of drug-likeness (QED) is 0.779. The molecule has 1 fully saturated rings. The van der Waals surface area contributed by atoms with Crippen molar-refractivity contribution in [2.75, 3.05) is 12.3 Å². The number of benzene rings is 1. The summed E-state index contributed by atoms with van der Waals surface area (Å²) in [4.78, 5) is 14.1. The van der Waals surface area contributed by atoms with Gasteiger partial charge in [0.15, 0.2) is 0 Å². The molecule has 98 valence electrons. The third kappa shape index (κ3) is 2.47. The lowest BCUT2D eigenvalue weighted by Gasteiger charge is -2.36. The number of carbonyl (C=O) groups excluding carboxylic acids is 1. The third-order valence-electron chi connectivity index (χ3n) is 3.62. The molecule has 0 bridgehead atoms. The summed E-state index contributed by atoms with van der Waals surface area (Å²) in [6.07, 6.45) is 1.94. The van der Waals surface area contributed by atoms with Gasteiger partial charge < -0.3 is 10.6 Å². The first-order valence-corrected chi connectivity index (χ1v) is 6.35. The molecule has 1 aromatic rings. The van der Waals surface area contributed by atoms with E-state index in [1.807, 2.05) is 6.92 Å². The average molecular weight is 250 g/mol. The lowest BCUT2D eigenvalue weighted by molar-refractivity contribution is 0.0584. The monoisotopic (exact) mass is 250 g/mol. The average Bonchev–Trinajstić information content (AvgIpc) is 2.31. The number of anilines is 1.